The fourth-order valence-electron chi connectivity index (χ4n) is 3.97. The summed E-state index contributed by atoms with van der Waals surface area (Å²) in [5.41, 5.74) is 1.69. The lowest BCUT2D eigenvalue weighted by atomic mass is 10.1. The number of carbonyl (C=O) groups excluding carboxylic acids is 2. The predicted molar refractivity (Wildman–Crippen MR) is 152 cm³/mol. The molecule has 0 aliphatic rings. The number of carbonyl (C=O) groups is 2. The van der Waals surface area contributed by atoms with Crippen molar-refractivity contribution in [2.24, 2.45) is 0 Å². The van der Waals surface area contributed by atoms with Gasteiger partial charge in [-0.2, -0.15) is 0 Å². The number of amides is 2. The maximum absolute atomic E-state index is 13.9. The number of aryl methyl sites for hydroxylation is 1. The Balaban J connectivity index is 2.08. The molecule has 1 unspecified atom stereocenters. The van der Waals surface area contributed by atoms with Gasteiger partial charge in [-0.15, -0.1) is 0 Å². The van der Waals surface area contributed by atoms with E-state index < -0.39 is 28.5 Å². The number of benzene rings is 3. The highest BCUT2D eigenvalue weighted by Crippen LogP contribution is 2.28. The van der Waals surface area contributed by atoms with Gasteiger partial charge in [0.25, 0.3) is 10.0 Å². The van der Waals surface area contributed by atoms with Crippen LogP contribution in [-0.2, 0) is 26.2 Å². The summed E-state index contributed by atoms with van der Waals surface area (Å²) in [7, 11) is -2.70. The summed E-state index contributed by atoms with van der Waals surface area (Å²) in [6.07, 6.45) is 0.297. The summed E-state index contributed by atoms with van der Waals surface area (Å²) in [6, 6.07) is 16.5. The Morgan fingerprint density at radius 2 is 1.61 bits per heavy atom. The van der Waals surface area contributed by atoms with E-state index in [1.54, 1.807) is 43.3 Å². The number of nitrogens with zero attached hydrogens (tertiary/aromatic N) is 2. The van der Waals surface area contributed by atoms with E-state index in [0.717, 1.165) is 9.87 Å². The third kappa shape index (κ3) is 6.99. The van der Waals surface area contributed by atoms with E-state index in [9.17, 15) is 18.0 Å². The van der Waals surface area contributed by atoms with Crippen molar-refractivity contribution in [3.8, 4) is 0 Å². The zero-order chi connectivity index (χ0) is 28.0. The Morgan fingerprint density at radius 3 is 2.18 bits per heavy atom. The van der Waals surface area contributed by atoms with Gasteiger partial charge in [-0.1, -0.05) is 59.9 Å². The highest BCUT2D eigenvalue weighted by Gasteiger charge is 2.33. The van der Waals surface area contributed by atoms with E-state index in [2.05, 4.69) is 5.32 Å². The second-order valence-electron chi connectivity index (χ2n) is 8.60. The molecule has 1 atom stereocenters. The molecule has 11 heteroatoms. The second-order valence-corrected chi connectivity index (χ2v) is 11.7. The maximum Gasteiger partial charge on any atom is 0.264 e. The molecule has 3 aromatic carbocycles. The summed E-state index contributed by atoms with van der Waals surface area (Å²) in [6.45, 7) is 3.02. The third-order valence-corrected chi connectivity index (χ3v) is 8.59. The molecule has 0 bridgehead atoms. The number of likely N-dealkylation sites (N-methyl/N-ethyl adjacent to an activating group) is 1. The van der Waals surface area contributed by atoms with Crippen LogP contribution in [0.15, 0.2) is 71.6 Å². The van der Waals surface area contributed by atoms with Crippen molar-refractivity contribution in [2.45, 2.75) is 37.8 Å². The quantitative estimate of drug-likeness (QED) is 0.325. The number of hydrogen-bond donors (Lipinski definition) is 1. The van der Waals surface area contributed by atoms with Crippen molar-refractivity contribution in [1.29, 1.82) is 0 Å². The van der Waals surface area contributed by atoms with Crippen molar-refractivity contribution < 1.29 is 18.0 Å². The first-order valence-corrected chi connectivity index (χ1v) is 14.3. The van der Waals surface area contributed by atoms with Gasteiger partial charge in [0.05, 0.1) is 10.6 Å². The monoisotopic (exact) mass is 595 g/mol. The van der Waals surface area contributed by atoms with Crippen LogP contribution in [0.3, 0.4) is 0 Å². The minimum Gasteiger partial charge on any atom is -0.357 e. The van der Waals surface area contributed by atoms with Crippen LogP contribution >= 0.6 is 34.8 Å². The van der Waals surface area contributed by atoms with Crippen LogP contribution in [0.1, 0.15) is 24.5 Å². The van der Waals surface area contributed by atoms with Crippen molar-refractivity contribution in [3.63, 3.8) is 0 Å². The van der Waals surface area contributed by atoms with Gasteiger partial charge in [-0.3, -0.25) is 13.9 Å². The van der Waals surface area contributed by atoms with Crippen LogP contribution in [-0.4, -0.2) is 44.8 Å². The van der Waals surface area contributed by atoms with Gasteiger partial charge in [-0.25, -0.2) is 8.42 Å². The Hall–Kier alpha value is -2.78. The lowest BCUT2D eigenvalue weighted by molar-refractivity contribution is -0.140. The fourth-order valence-corrected chi connectivity index (χ4v) is 5.97. The van der Waals surface area contributed by atoms with E-state index in [4.69, 9.17) is 34.8 Å². The van der Waals surface area contributed by atoms with Crippen molar-refractivity contribution in [3.05, 3.63) is 92.9 Å². The molecule has 0 radical (unpaired) electrons. The lowest BCUT2D eigenvalue weighted by Crippen LogP contribution is -2.51. The average molecular weight is 597 g/mol. The lowest BCUT2D eigenvalue weighted by Gasteiger charge is -2.33. The van der Waals surface area contributed by atoms with Gasteiger partial charge >= 0.3 is 0 Å². The Labute approximate surface area is 238 Å². The largest absolute Gasteiger partial charge is 0.357 e. The molecule has 0 aliphatic heterocycles. The summed E-state index contributed by atoms with van der Waals surface area (Å²) < 4.78 is 28.6. The van der Waals surface area contributed by atoms with E-state index in [1.807, 2.05) is 13.0 Å². The van der Waals surface area contributed by atoms with Crippen molar-refractivity contribution >= 4 is 62.3 Å². The summed E-state index contributed by atoms with van der Waals surface area (Å²) in [5.74, 6) is -0.959. The van der Waals surface area contributed by atoms with Gasteiger partial charge < -0.3 is 10.2 Å². The standard InChI is InChI=1S/C27H28Cl3N3O4S/c1-4-25(27(35)31-3)32(16-19-8-9-21(29)15-24(19)30)26(34)17-33(22-7-5-6-18(2)14-22)38(36,37)23-12-10-20(28)11-13-23/h5-15,25H,4,16-17H2,1-3H3,(H,31,35). The van der Waals surface area contributed by atoms with Crippen LogP contribution in [0.25, 0.3) is 0 Å². The molecule has 0 aromatic heterocycles. The van der Waals surface area contributed by atoms with E-state index in [-0.39, 0.29) is 17.3 Å². The molecule has 0 saturated carbocycles. The molecular formula is C27H28Cl3N3O4S. The SMILES string of the molecule is CCC(C(=O)NC)N(Cc1ccc(Cl)cc1Cl)C(=O)CN(c1cccc(C)c1)S(=O)(=O)c1ccc(Cl)cc1. The molecule has 0 saturated heterocycles. The molecule has 7 nitrogen and oxygen atoms in total. The number of halogens is 3. The van der Waals surface area contributed by atoms with E-state index >= 15 is 0 Å². The topological polar surface area (TPSA) is 86.8 Å². The molecule has 0 heterocycles. The Morgan fingerprint density at radius 1 is 0.947 bits per heavy atom. The van der Waals surface area contributed by atoms with Gasteiger partial charge in [0, 0.05) is 28.7 Å². The minimum atomic E-state index is -4.18. The van der Waals surface area contributed by atoms with E-state index in [1.165, 1.54) is 36.2 Å². The first-order chi connectivity index (χ1) is 18.0. The molecule has 0 fully saturated rings. The number of sulfonamides is 1. The second kappa shape index (κ2) is 12.8. The number of anilines is 1. The van der Waals surface area contributed by atoms with Crippen LogP contribution in [0.4, 0.5) is 5.69 Å². The zero-order valence-corrected chi connectivity index (χ0v) is 24.2. The normalized spacial score (nSPS) is 12.1. The van der Waals surface area contributed by atoms with Crippen molar-refractivity contribution in [2.75, 3.05) is 17.9 Å². The molecule has 3 aromatic rings. The molecule has 0 aliphatic carbocycles. The number of rotatable bonds is 10. The molecule has 2 amide bonds. The molecular weight excluding hydrogens is 569 g/mol. The smallest absolute Gasteiger partial charge is 0.264 e. The zero-order valence-electron chi connectivity index (χ0n) is 21.1. The summed E-state index contributed by atoms with van der Waals surface area (Å²) in [5, 5.41) is 3.71. The summed E-state index contributed by atoms with van der Waals surface area (Å²) >= 11 is 18.4. The minimum absolute atomic E-state index is 0.0244. The highest BCUT2D eigenvalue weighted by atomic mass is 35.5. The van der Waals surface area contributed by atoms with Crippen LogP contribution in [0, 0.1) is 6.92 Å². The highest BCUT2D eigenvalue weighted by molar-refractivity contribution is 7.92. The van der Waals surface area contributed by atoms with Crippen molar-refractivity contribution in [1.82, 2.24) is 10.2 Å². The first-order valence-electron chi connectivity index (χ1n) is 11.8. The van der Waals surface area contributed by atoms with Crippen LogP contribution < -0.4 is 9.62 Å². The molecule has 3 rings (SSSR count). The van der Waals surface area contributed by atoms with Gasteiger partial charge in [0.1, 0.15) is 12.6 Å². The van der Waals surface area contributed by atoms with Gasteiger partial charge in [-0.05, 0) is 73.0 Å². The molecule has 38 heavy (non-hydrogen) atoms. The molecule has 202 valence electrons. The van der Waals surface area contributed by atoms with Gasteiger partial charge in [0.2, 0.25) is 11.8 Å². The summed E-state index contributed by atoms with van der Waals surface area (Å²) in [4.78, 5) is 28.0. The first kappa shape index (κ1) is 29.8. The van der Waals surface area contributed by atoms with Gasteiger partial charge in [0.15, 0.2) is 0 Å². The fraction of sp³-hybridized carbons (Fsp3) is 0.259. The maximum atomic E-state index is 13.9. The number of nitrogens with one attached hydrogen (secondary N) is 1. The molecule has 0 spiro atoms. The molecule has 1 N–H and O–H groups in total. The van der Waals surface area contributed by atoms with Crippen LogP contribution in [0.5, 0.6) is 0 Å². The third-order valence-electron chi connectivity index (χ3n) is 5.96. The Kier molecular flexibility index (Phi) is 10.1. The van der Waals surface area contributed by atoms with E-state index in [0.29, 0.717) is 32.7 Å². The average Bonchev–Trinajstić information content (AvgIpc) is 2.88. The predicted octanol–water partition coefficient (Wildman–Crippen LogP) is 5.70. The Bertz CT molecular complexity index is 1420. The van der Waals surface area contributed by atoms with Crippen LogP contribution in [0.2, 0.25) is 15.1 Å². The number of hydrogen-bond acceptors (Lipinski definition) is 4.